The van der Waals surface area contributed by atoms with Crippen molar-refractivity contribution in [2.24, 2.45) is 0 Å². The molecule has 3 aromatic rings. The van der Waals surface area contributed by atoms with Gasteiger partial charge in [0.2, 0.25) is 5.82 Å². The first-order valence-electron chi connectivity index (χ1n) is 11.6. The lowest BCUT2D eigenvalue weighted by molar-refractivity contribution is -0.0437. The Balaban J connectivity index is 1.45. The first-order chi connectivity index (χ1) is 17.2. The van der Waals surface area contributed by atoms with Crippen molar-refractivity contribution in [3.63, 3.8) is 0 Å². The highest BCUT2D eigenvalue weighted by Gasteiger charge is 2.38. The molecular formula is C25H28FN2O7P. The van der Waals surface area contributed by atoms with Crippen molar-refractivity contribution in [3.05, 3.63) is 104 Å². The van der Waals surface area contributed by atoms with Gasteiger partial charge in [0.15, 0.2) is 0 Å². The molecule has 9 nitrogen and oxygen atoms in total. The van der Waals surface area contributed by atoms with Crippen LogP contribution in [-0.2, 0) is 31.4 Å². The molecule has 4 atom stereocenters. The fourth-order valence-corrected chi connectivity index (χ4v) is 5.49. The van der Waals surface area contributed by atoms with Gasteiger partial charge in [0.25, 0.3) is 5.56 Å². The van der Waals surface area contributed by atoms with Gasteiger partial charge < -0.3 is 18.9 Å². The lowest BCUT2D eigenvalue weighted by Crippen LogP contribution is -2.34. The molecule has 192 valence electrons. The number of halogens is 1. The molecule has 0 amide bonds. The minimum atomic E-state index is -3.63. The number of aromatic amines is 1. The minimum Gasteiger partial charge on any atom is -0.390 e. The minimum absolute atomic E-state index is 0.0438. The van der Waals surface area contributed by atoms with Crippen LogP contribution in [0.2, 0.25) is 0 Å². The van der Waals surface area contributed by atoms with E-state index in [4.69, 9.17) is 13.8 Å². The SMILES string of the molecule is Cc1ccccc1COP(=O)(CCc1ccccc1)OCC1OC(n2cc(F)c(=O)[nH]c2=O)CC1O. The van der Waals surface area contributed by atoms with Crippen LogP contribution in [0.25, 0.3) is 0 Å². The Morgan fingerprint density at radius 1 is 1.14 bits per heavy atom. The van der Waals surface area contributed by atoms with Gasteiger partial charge in [-0.25, -0.2) is 4.79 Å². The molecule has 0 bridgehead atoms. The Hall–Kier alpha value is -2.88. The van der Waals surface area contributed by atoms with E-state index >= 15 is 0 Å². The number of rotatable bonds is 10. The van der Waals surface area contributed by atoms with E-state index in [1.807, 2.05) is 66.5 Å². The molecule has 1 aliphatic heterocycles. The van der Waals surface area contributed by atoms with E-state index in [1.54, 1.807) is 0 Å². The van der Waals surface area contributed by atoms with E-state index in [-0.39, 0.29) is 25.8 Å². The Morgan fingerprint density at radius 3 is 2.61 bits per heavy atom. The van der Waals surface area contributed by atoms with Crippen molar-refractivity contribution in [3.8, 4) is 0 Å². The molecule has 2 aromatic carbocycles. The Morgan fingerprint density at radius 2 is 1.86 bits per heavy atom. The first-order valence-corrected chi connectivity index (χ1v) is 13.3. The second kappa shape index (κ2) is 11.5. The molecule has 2 N–H and O–H groups in total. The number of aromatic nitrogens is 2. The van der Waals surface area contributed by atoms with Crippen molar-refractivity contribution >= 4 is 7.60 Å². The maximum Gasteiger partial charge on any atom is 0.331 e. The third-order valence-corrected chi connectivity index (χ3v) is 7.91. The molecule has 36 heavy (non-hydrogen) atoms. The van der Waals surface area contributed by atoms with Crippen molar-refractivity contribution in [1.29, 1.82) is 0 Å². The molecule has 1 fully saturated rings. The van der Waals surface area contributed by atoms with Gasteiger partial charge in [0, 0.05) is 6.42 Å². The van der Waals surface area contributed by atoms with Gasteiger partial charge in [-0.1, -0.05) is 54.6 Å². The number of aliphatic hydroxyl groups is 1. The van der Waals surface area contributed by atoms with Crippen LogP contribution in [0.4, 0.5) is 4.39 Å². The number of aliphatic hydroxyl groups excluding tert-OH is 1. The maximum atomic E-state index is 13.7. The van der Waals surface area contributed by atoms with Crippen LogP contribution in [0, 0.1) is 12.7 Å². The Kier molecular flexibility index (Phi) is 8.33. The van der Waals surface area contributed by atoms with Gasteiger partial charge in [-0.3, -0.25) is 18.9 Å². The number of nitrogens with one attached hydrogen (secondary N) is 1. The predicted molar refractivity (Wildman–Crippen MR) is 130 cm³/mol. The zero-order valence-electron chi connectivity index (χ0n) is 19.7. The lowest BCUT2D eigenvalue weighted by Gasteiger charge is -2.22. The van der Waals surface area contributed by atoms with E-state index in [1.165, 1.54) is 0 Å². The van der Waals surface area contributed by atoms with Gasteiger partial charge in [-0.2, -0.15) is 4.39 Å². The van der Waals surface area contributed by atoms with E-state index < -0.39 is 43.1 Å². The van der Waals surface area contributed by atoms with Crippen LogP contribution in [0.1, 0.15) is 29.3 Å². The number of hydrogen-bond acceptors (Lipinski definition) is 7. The summed E-state index contributed by atoms with van der Waals surface area (Å²) in [5.74, 6) is -1.15. The summed E-state index contributed by atoms with van der Waals surface area (Å²) in [5.41, 5.74) is 0.827. The lowest BCUT2D eigenvalue weighted by atomic mass is 10.1. The molecule has 1 aromatic heterocycles. The second-order valence-electron chi connectivity index (χ2n) is 8.64. The highest BCUT2D eigenvalue weighted by Crippen LogP contribution is 2.50. The fraction of sp³-hybridized carbons (Fsp3) is 0.360. The largest absolute Gasteiger partial charge is 0.390 e. The Labute approximate surface area is 207 Å². The van der Waals surface area contributed by atoms with Crippen molar-refractivity contribution in [1.82, 2.24) is 9.55 Å². The molecule has 0 aliphatic carbocycles. The molecule has 0 spiro atoms. The van der Waals surface area contributed by atoms with Crippen LogP contribution < -0.4 is 11.2 Å². The van der Waals surface area contributed by atoms with Gasteiger partial charge in [-0.05, 0) is 30.0 Å². The van der Waals surface area contributed by atoms with Crippen LogP contribution in [-0.4, -0.2) is 39.6 Å². The summed E-state index contributed by atoms with van der Waals surface area (Å²) in [6, 6.07) is 17.1. The van der Waals surface area contributed by atoms with Crippen LogP contribution in [0.5, 0.6) is 0 Å². The van der Waals surface area contributed by atoms with Crippen molar-refractivity contribution in [2.75, 3.05) is 12.8 Å². The van der Waals surface area contributed by atoms with Gasteiger partial charge >= 0.3 is 13.3 Å². The van der Waals surface area contributed by atoms with E-state index in [0.717, 1.165) is 27.5 Å². The molecule has 0 saturated carbocycles. The molecule has 11 heteroatoms. The summed E-state index contributed by atoms with van der Waals surface area (Å²) >= 11 is 0. The molecule has 4 rings (SSSR count). The second-order valence-corrected chi connectivity index (χ2v) is 10.8. The zero-order chi connectivity index (χ0) is 25.7. The summed E-state index contributed by atoms with van der Waals surface area (Å²) in [7, 11) is -3.63. The monoisotopic (exact) mass is 518 g/mol. The van der Waals surface area contributed by atoms with E-state index in [9.17, 15) is 23.7 Å². The fourth-order valence-electron chi connectivity index (χ4n) is 3.91. The van der Waals surface area contributed by atoms with Gasteiger partial charge in [0.05, 0.1) is 31.7 Å². The summed E-state index contributed by atoms with van der Waals surface area (Å²) < 4.78 is 45.5. The summed E-state index contributed by atoms with van der Waals surface area (Å²) in [6.45, 7) is 1.75. The quantitative estimate of drug-likeness (QED) is 0.395. The summed E-state index contributed by atoms with van der Waals surface area (Å²) in [5, 5.41) is 10.5. The third kappa shape index (κ3) is 6.46. The van der Waals surface area contributed by atoms with E-state index in [0.29, 0.717) is 6.42 Å². The molecular weight excluding hydrogens is 490 g/mol. The number of aryl methyl sites for hydroxylation is 2. The number of nitrogens with zero attached hydrogens (tertiary/aromatic N) is 1. The number of benzene rings is 2. The molecule has 1 saturated heterocycles. The van der Waals surface area contributed by atoms with E-state index in [2.05, 4.69) is 0 Å². The first kappa shape index (κ1) is 26.2. The zero-order valence-corrected chi connectivity index (χ0v) is 20.6. The average molecular weight is 518 g/mol. The maximum absolute atomic E-state index is 13.7. The summed E-state index contributed by atoms with van der Waals surface area (Å²) in [6.07, 6.45) is -1.78. The molecule has 1 aliphatic rings. The molecule has 0 radical (unpaired) electrons. The smallest absolute Gasteiger partial charge is 0.331 e. The standard InChI is InChI=1S/C25H28FN2O7P/c1-17-7-5-6-10-19(17)15-33-36(32,12-11-18-8-3-2-4-9-18)34-16-22-21(29)13-23(35-22)28-14-20(26)24(30)27-25(28)31/h2-10,14,21-23,29H,11-13,15-16H2,1H3,(H,27,30,31). The predicted octanol–water partition coefficient (Wildman–Crippen LogP) is 3.30. The normalized spacial score (nSPS) is 21.4. The Bertz CT molecular complexity index is 1340. The number of ether oxygens (including phenoxy) is 1. The van der Waals surface area contributed by atoms with Crippen LogP contribution >= 0.6 is 7.60 Å². The van der Waals surface area contributed by atoms with Crippen molar-refractivity contribution in [2.45, 2.75) is 44.8 Å². The third-order valence-electron chi connectivity index (χ3n) is 6.07. The number of hydrogen-bond donors (Lipinski definition) is 2. The van der Waals surface area contributed by atoms with Gasteiger partial charge in [-0.15, -0.1) is 0 Å². The molecule has 2 heterocycles. The van der Waals surface area contributed by atoms with Gasteiger partial charge in [0.1, 0.15) is 12.3 Å². The highest BCUT2D eigenvalue weighted by molar-refractivity contribution is 7.53. The topological polar surface area (TPSA) is 120 Å². The average Bonchev–Trinajstić information content (AvgIpc) is 3.24. The highest BCUT2D eigenvalue weighted by atomic mass is 31.2. The van der Waals surface area contributed by atoms with Crippen molar-refractivity contribution < 1.29 is 27.8 Å². The summed E-state index contributed by atoms with van der Waals surface area (Å²) in [4.78, 5) is 25.2. The van der Waals surface area contributed by atoms with Crippen LogP contribution in [0.15, 0.2) is 70.4 Å². The molecule has 4 unspecified atom stereocenters. The van der Waals surface area contributed by atoms with Crippen LogP contribution in [0.3, 0.4) is 0 Å². The number of H-pyrrole nitrogens is 1.